The molecule has 4 rings (SSSR count). The van der Waals surface area contributed by atoms with Gasteiger partial charge in [0.2, 0.25) is 0 Å². The van der Waals surface area contributed by atoms with Gasteiger partial charge in [0.15, 0.2) is 11.5 Å². The quantitative estimate of drug-likeness (QED) is 0.793. The Morgan fingerprint density at radius 3 is 2.26 bits per heavy atom. The van der Waals surface area contributed by atoms with E-state index in [0.717, 1.165) is 24.6 Å². The van der Waals surface area contributed by atoms with Crippen LogP contribution in [0.25, 0.3) is 10.8 Å². The highest BCUT2D eigenvalue weighted by Gasteiger charge is 2.11. The minimum Gasteiger partial charge on any atom is -0.486 e. The summed E-state index contributed by atoms with van der Waals surface area (Å²) in [6, 6.07) is 21.2. The van der Waals surface area contributed by atoms with Gasteiger partial charge in [0, 0.05) is 13.1 Å². The molecule has 1 aliphatic heterocycles. The zero-order valence-corrected chi connectivity index (χ0v) is 12.9. The summed E-state index contributed by atoms with van der Waals surface area (Å²) >= 11 is 0. The fourth-order valence-electron chi connectivity index (χ4n) is 2.90. The molecule has 0 aromatic heterocycles. The van der Waals surface area contributed by atoms with E-state index in [9.17, 15) is 0 Å². The van der Waals surface area contributed by atoms with Gasteiger partial charge >= 0.3 is 0 Å². The first-order valence-corrected chi connectivity index (χ1v) is 7.95. The molecule has 1 N–H and O–H groups in total. The molecule has 116 valence electrons. The van der Waals surface area contributed by atoms with Crippen LogP contribution in [0.1, 0.15) is 11.1 Å². The fourth-order valence-corrected chi connectivity index (χ4v) is 2.90. The minimum absolute atomic E-state index is 0.626. The Bertz CT molecular complexity index is 829. The van der Waals surface area contributed by atoms with Crippen molar-refractivity contribution in [2.24, 2.45) is 0 Å². The number of fused-ring (bicyclic) bond motifs is 2. The topological polar surface area (TPSA) is 30.5 Å². The number of hydrogen-bond donors (Lipinski definition) is 1. The molecule has 23 heavy (non-hydrogen) atoms. The Hall–Kier alpha value is -2.52. The molecule has 3 aromatic rings. The number of rotatable bonds is 4. The molecule has 0 fully saturated rings. The van der Waals surface area contributed by atoms with Gasteiger partial charge in [0.1, 0.15) is 13.2 Å². The van der Waals surface area contributed by atoms with Crippen molar-refractivity contribution >= 4 is 10.8 Å². The number of ether oxygens (including phenoxy) is 2. The minimum atomic E-state index is 0.626. The summed E-state index contributed by atoms with van der Waals surface area (Å²) in [6.45, 7) is 2.91. The first kappa shape index (κ1) is 14.1. The molecular weight excluding hydrogens is 286 g/mol. The average Bonchev–Trinajstić information content (AvgIpc) is 2.61. The van der Waals surface area contributed by atoms with Crippen molar-refractivity contribution in [2.45, 2.75) is 13.1 Å². The summed E-state index contributed by atoms with van der Waals surface area (Å²) in [4.78, 5) is 0. The van der Waals surface area contributed by atoms with Crippen LogP contribution in [0.15, 0.2) is 60.7 Å². The van der Waals surface area contributed by atoms with Gasteiger partial charge < -0.3 is 14.8 Å². The number of benzene rings is 3. The molecule has 0 atom stereocenters. The lowest BCUT2D eigenvalue weighted by atomic mass is 10.1. The second kappa shape index (κ2) is 6.31. The smallest absolute Gasteiger partial charge is 0.161 e. The van der Waals surface area contributed by atoms with Crippen LogP contribution in [0.4, 0.5) is 0 Å². The van der Waals surface area contributed by atoms with E-state index in [1.165, 1.54) is 21.9 Å². The highest BCUT2D eigenvalue weighted by atomic mass is 16.6. The molecule has 3 nitrogen and oxygen atoms in total. The third-order valence-corrected chi connectivity index (χ3v) is 4.08. The normalized spacial score (nSPS) is 13.2. The van der Waals surface area contributed by atoms with Gasteiger partial charge in [-0.15, -0.1) is 0 Å². The molecule has 1 aliphatic rings. The highest BCUT2D eigenvalue weighted by Crippen LogP contribution is 2.30. The van der Waals surface area contributed by atoms with Crippen LogP contribution in [0, 0.1) is 0 Å². The van der Waals surface area contributed by atoms with Gasteiger partial charge in [-0.05, 0) is 40.1 Å². The molecule has 0 saturated carbocycles. The molecule has 0 amide bonds. The third kappa shape index (κ3) is 3.15. The summed E-state index contributed by atoms with van der Waals surface area (Å²) in [5, 5.41) is 6.06. The zero-order chi connectivity index (χ0) is 15.5. The van der Waals surface area contributed by atoms with Gasteiger partial charge in [0.05, 0.1) is 0 Å². The van der Waals surface area contributed by atoms with Crippen LogP contribution in [0.5, 0.6) is 11.5 Å². The molecule has 0 aliphatic carbocycles. The van der Waals surface area contributed by atoms with E-state index in [4.69, 9.17) is 9.47 Å². The van der Waals surface area contributed by atoms with Gasteiger partial charge in [-0.3, -0.25) is 0 Å². The van der Waals surface area contributed by atoms with E-state index in [0.29, 0.717) is 13.2 Å². The van der Waals surface area contributed by atoms with E-state index in [1.807, 2.05) is 6.07 Å². The van der Waals surface area contributed by atoms with Crippen molar-refractivity contribution in [1.29, 1.82) is 0 Å². The van der Waals surface area contributed by atoms with E-state index >= 15 is 0 Å². The van der Waals surface area contributed by atoms with Crippen molar-refractivity contribution in [2.75, 3.05) is 13.2 Å². The van der Waals surface area contributed by atoms with Gasteiger partial charge in [-0.2, -0.15) is 0 Å². The predicted octanol–water partition coefficient (Wildman–Crippen LogP) is 3.90. The van der Waals surface area contributed by atoms with Crippen LogP contribution in [-0.2, 0) is 13.1 Å². The maximum absolute atomic E-state index is 5.62. The predicted molar refractivity (Wildman–Crippen MR) is 91.9 cm³/mol. The largest absolute Gasteiger partial charge is 0.486 e. The van der Waals surface area contributed by atoms with Crippen LogP contribution in [-0.4, -0.2) is 13.2 Å². The van der Waals surface area contributed by atoms with Crippen LogP contribution >= 0.6 is 0 Å². The third-order valence-electron chi connectivity index (χ3n) is 4.08. The van der Waals surface area contributed by atoms with Crippen molar-refractivity contribution in [1.82, 2.24) is 5.32 Å². The monoisotopic (exact) mass is 305 g/mol. The van der Waals surface area contributed by atoms with Crippen molar-refractivity contribution in [3.63, 3.8) is 0 Å². The Balaban J connectivity index is 1.40. The zero-order valence-electron chi connectivity index (χ0n) is 12.9. The molecule has 0 unspecified atom stereocenters. The number of hydrogen-bond acceptors (Lipinski definition) is 3. The summed E-state index contributed by atoms with van der Waals surface area (Å²) < 4.78 is 11.2. The summed E-state index contributed by atoms with van der Waals surface area (Å²) in [5.74, 6) is 1.69. The Labute approximate surface area is 135 Å². The molecule has 0 bridgehead atoms. The molecule has 0 spiro atoms. The SMILES string of the molecule is c1ccc2cc(CNCc3ccc4c(c3)OCCO4)ccc2c1. The Morgan fingerprint density at radius 2 is 1.39 bits per heavy atom. The van der Waals surface area contributed by atoms with Gasteiger partial charge in [-0.25, -0.2) is 0 Å². The molecular formula is C20H19NO2. The maximum atomic E-state index is 5.62. The second-order valence-corrected chi connectivity index (χ2v) is 5.76. The summed E-state index contributed by atoms with van der Waals surface area (Å²) in [7, 11) is 0. The lowest BCUT2D eigenvalue weighted by Gasteiger charge is -2.19. The Kier molecular flexibility index (Phi) is 3.86. The van der Waals surface area contributed by atoms with E-state index in [2.05, 4.69) is 59.9 Å². The van der Waals surface area contributed by atoms with Crippen LogP contribution < -0.4 is 14.8 Å². The van der Waals surface area contributed by atoms with Crippen molar-refractivity contribution in [3.05, 3.63) is 71.8 Å². The highest BCUT2D eigenvalue weighted by molar-refractivity contribution is 5.82. The molecule has 0 saturated heterocycles. The molecule has 0 radical (unpaired) electrons. The van der Waals surface area contributed by atoms with Gasteiger partial charge in [-0.1, -0.05) is 42.5 Å². The summed E-state index contributed by atoms with van der Waals surface area (Å²) in [5.41, 5.74) is 2.50. The Morgan fingerprint density at radius 1 is 0.696 bits per heavy atom. The van der Waals surface area contributed by atoms with Crippen LogP contribution in [0.3, 0.4) is 0 Å². The van der Waals surface area contributed by atoms with Crippen molar-refractivity contribution in [3.8, 4) is 11.5 Å². The van der Waals surface area contributed by atoms with Crippen molar-refractivity contribution < 1.29 is 9.47 Å². The average molecular weight is 305 g/mol. The second-order valence-electron chi connectivity index (χ2n) is 5.76. The molecule has 3 heteroatoms. The van der Waals surface area contributed by atoms with E-state index in [1.54, 1.807) is 0 Å². The van der Waals surface area contributed by atoms with Gasteiger partial charge in [0.25, 0.3) is 0 Å². The molecule has 1 heterocycles. The van der Waals surface area contributed by atoms with E-state index < -0.39 is 0 Å². The van der Waals surface area contributed by atoms with E-state index in [-0.39, 0.29) is 0 Å². The maximum Gasteiger partial charge on any atom is 0.161 e. The number of nitrogens with one attached hydrogen (secondary N) is 1. The standard InChI is InChI=1S/C20H19NO2/c1-2-4-18-11-15(5-7-17(18)3-1)13-21-14-16-6-8-19-20(12-16)23-10-9-22-19/h1-8,11-12,21H,9-10,13-14H2. The first-order chi connectivity index (χ1) is 11.4. The van der Waals surface area contributed by atoms with Crippen LogP contribution in [0.2, 0.25) is 0 Å². The molecule has 3 aromatic carbocycles. The first-order valence-electron chi connectivity index (χ1n) is 7.95. The lowest BCUT2D eigenvalue weighted by Crippen LogP contribution is -2.16. The lowest BCUT2D eigenvalue weighted by molar-refractivity contribution is 0.171. The fraction of sp³-hybridized carbons (Fsp3) is 0.200. The summed E-state index contributed by atoms with van der Waals surface area (Å²) in [6.07, 6.45) is 0.